The molecule has 0 aromatic heterocycles. The first kappa shape index (κ1) is 19.5. The number of carbonyl (C=O) groups is 1. The second-order valence-corrected chi connectivity index (χ2v) is 8.02. The van der Waals surface area contributed by atoms with Gasteiger partial charge in [0.25, 0.3) is 0 Å². The van der Waals surface area contributed by atoms with Gasteiger partial charge in [0.05, 0.1) is 16.3 Å². The summed E-state index contributed by atoms with van der Waals surface area (Å²) < 4.78 is 26.3. The number of benzene rings is 3. The Morgan fingerprint density at radius 3 is 2.43 bits per heavy atom. The molecule has 0 unspecified atom stereocenters. The lowest BCUT2D eigenvalue weighted by Crippen LogP contribution is -2.20. The number of hydrogen-bond donors (Lipinski definition) is 4. The van der Waals surface area contributed by atoms with E-state index in [1.165, 1.54) is 18.2 Å². The predicted molar refractivity (Wildman–Crippen MR) is 111 cm³/mol. The average Bonchev–Trinajstić information content (AvgIpc) is 2.68. The first-order valence-electron chi connectivity index (χ1n) is 8.56. The fourth-order valence-electron chi connectivity index (χ4n) is 2.90. The number of rotatable bonds is 5. The molecule has 3 aromatic rings. The van der Waals surface area contributed by atoms with Crippen LogP contribution in [-0.4, -0.2) is 25.9 Å². The summed E-state index contributed by atoms with van der Waals surface area (Å²) in [6, 6.07) is 16.5. The van der Waals surface area contributed by atoms with Crippen LogP contribution in [0.2, 0.25) is 0 Å². The standard InChI is InChI=1S/C20H20N4O3S/c21-12-11-18(25)24-16-9-4-8-15(19(16)22)20(23)28(26,27)17-10-3-6-13-5-1-2-7-14(13)17/h1-10,23H,11-12,21-22H2,(H,24,25). The van der Waals surface area contributed by atoms with Crippen molar-refractivity contribution in [3.05, 3.63) is 66.2 Å². The number of nitrogens with two attached hydrogens (primary N) is 2. The Balaban J connectivity index is 2.05. The van der Waals surface area contributed by atoms with Gasteiger partial charge in [0, 0.05) is 23.9 Å². The van der Waals surface area contributed by atoms with Gasteiger partial charge in [-0.3, -0.25) is 10.2 Å². The highest BCUT2D eigenvalue weighted by Gasteiger charge is 2.26. The minimum Gasteiger partial charge on any atom is -0.396 e. The van der Waals surface area contributed by atoms with Crippen molar-refractivity contribution in [1.29, 1.82) is 5.41 Å². The Morgan fingerprint density at radius 2 is 1.68 bits per heavy atom. The number of nitrogens with one attached hydrogen (secondary N) is 2. The monoisotopic (exact) mass is 396 g/mol. The van der Waals surface area contributed by atoms with Crippen LogP contribution in [0.5, 0.6) is 0 Å². The largest absolute Gasteiger partial charge is 0.396 e. The summed E-state index contributed by atoms with van der Waals surface area (Å²) in [6.45, 7) is 0.177. The number of para-hydroxylation sites is 1. The summed E-state index contributed by atoms with van der Waals surface area (Å²) in [5, 5.41) is 11.6. The molecule has 0 fully saturated rings. The van der Waals surface area contributed by atoms with Crippen LogP contribution >= 0.6 is 0 Å². The zero-order valence-electron chi connectivity index (χ0n) is 15.0. The number of hydrogen-bond acceptors (Lipinski definition) is 6. The Morgan fingerprint density at radius 1 is 1.00 bits per heavy atom. The molecule has 144 valence electrons. The van der Waals surface area contributed by atoms with Crippen molar-refractivity contribution in [1.82, 2.24) is 0 Å². The fourth-order valence-corrected chi connectivity index (χ4v) is 4.32. The molecular weight excluding hydrogens is 376 g/mol. The maximum atomic E-state index is 13.2. The van der Waals surface area contributed by atoms with Gasteiger partial charge in [0.2, 0.25) is 15.7 Å². The molecule has 0 aliphatic carbocycles. The molecule has 0 aliphatic heterocycles. The van der Waals surface area contributed by atoms with Crippen molar-refractivity contribution in [2.24, 2.45) is 5.73 Å². The minimum atomic E-state index is -4.13. The maximum absolute atomic E-state index is 13.2. The Hall–Kier alpha value is -3.23. The van der Waals surface area contributed by atoms with Crippen LogP contribution < -0.4 is 16.8 Å². The third-order valence-corrected chi connectivity index (χ3v) is 6.00. The van der Waals surface area contributed by atoms with Crippen molar-refractivity contribution < 1.29 is 13.2 Å². The Kier molecular flexibility index (Phi) is 5.43. The summed E-state index contributed by atoms with van der Waals surface area (Å²) in [5.41, 5.74) is 11.7. The fraction of sp³-hybridized carbons (Fsp3) is 0.100. The van der Waals surface area contributed by atoms with Crippen molar-refractivity contribution in [2.45, 2.75) is 11.3 Å². The van der Waals surface area contributed by atoms with E-state index in [2.05, 4.69) is 5.32 Å². The number of nitrogen functional groups attached to an aromatic ring is 1. The highest BCUT2D eigenvalue weighted by molar-refractivity contribution is 8.07. The highest BCUT2D eigenvalue weighted by Crippen LogP contribution is 2.29. The van der Waals surface area contributed by atoms with E-state index in [9.17, 15) is 13.2 Å². The summed E-state index contributed by atoms with van der Waals surface area (Å²) >= 11 is 0. The molecule has 6 N–H and O–H groups in total. The van der Waals surface area contributed by atoms with Crippen molar-refractivity contribution in [3.8, 4) is 0 Å². The van der Waals surface area contributed by atoms with Gasteiger partial charge in [-0.25, -0.2) is 8.42 Å². The van der Waals surface area contributed by atoms with Crippen LogP contribution in [0.3, 0.4) is 0 Å². The third kappa shape index (κ3) is 3.60. The van der Waals surface area contributed by atoms with Gasteiger partial charge in [-0.05, 0) is 23.6 Å². The molecule has 28 heavy (non-hydrogen) atoms. The van der Waals surface area contributed by atoms with Crippen LogP contribution in [0.1, 0.15) is 12.0 Å². The molecule has 0 radical (unpaired) electrons. The summed E-state index contributed by atoms with van der Waals surface area (Å²) in [6.07, 6.45) is 0.107. The van der Waals surface area contributed by atoms with E-state index in [1.807, 2.05) is 6.07 Å². The van der Waals surface area contributed by atoms with Gasteiger partial charge in [0.15, 0.2) is 5.04 Å². The zero-order valence-corrected chi connectivity index (χ0v) is 15.8. The lowest BCUT2D eigenvalue weighted by atomic mass is 10.1. The summed E-state index contributed by atoms with van der Waals surface area (Å²) in [4.78, 5) is 11.8. The van der Waals surface area contributed by atoms with E-state index < -0.39 is 14.9 Å². The van der Waals surface area contributed by atoms with Gasteiger partial charge >= 0.3 is 0 Å². The van der Waals surface area contributed by atoms with E-state index in [4.69, 9.17) is 16.9 Å². The molecule has 0 heterocycles. The highest BCUT2D eigenvalue weighted by atomic mass is 32.2. The molecule has 0 aliphatic rings. The summed E-state index contributed by atoms with van der Waals surface area (Å²) in [5.74, 6) is -0.338. The molecule has 0 saturated heterocycles. The first-order valence-corrected chi connectivity index (χ1v) is 10.0. The molecular formula is C20H20N4O3S. The molecule has 3 rings (SSSR count). The SMILES string of the molecule is N=C(c1cccc(NC(=O)CCN)c1N)S(=O)(=O)c1cccc2ccccc12. The maximum Gasteiger partial charge on any atom is 0.225 e. The molecule has 1 amide bonds. The normalized spacial score (nSPS) is 11.3. The van der Waals surface area contributed by atoms with Crippen molar-refractivity contribution in [3.63, 3.8) is 0 Å². The number of fused-ring (bicyclic) bond motifs is 1. The zero-order chi connectivity index (χ0) is 20.3. The minimum absolute atomic E-state index is 0.0154. The van der Waals surface area contributed by atoms with Crippen molar-refractivity contribution >= 4 is 42.9 Å². The van der Waals surface area contributed by atoms with Gasteiger partial charge in [-0.1, -0.05) is 42.5 Å². The smallest absolute Gasteiger partial charge is 0.225 e. The molecule has 0 saturated carbocycles. The van der Waals surface area contributed by atoms with Crippen LogP contribution in [0.25, 0.3) is 10.8 Å². The third-order valence-electron chi connectivity index (χ3n) is 4.30. The molecule has 8 heteroatoms. The summed E-state index contributed by atoms with van der Waals surface area (Å²) in [7, 11) is -4.13. The second-order valence-electron chi connectivity index (χ2n) is 6.16. The van der Waals surface area contributed by atoms with Crippen LogP contribution in [0.15, 0.2) is 65.6 Å². The van der Waals surface area contributed by atoms with Crippen molar-refractivity contribution in [2.75, 3.05) is 17.6 Å². The van der Waals surface area contributed by atoms with Crippen LogP contribution in [0, 0.1) is 5.41 Å². The quantitative estimate of drug-likeness (QED) is 0.298. The Bertz CT molecular complexity index is 1170. The molecule has 0 atom stereocenters. The van der Waals surface area contributed by atoms with Gasteiger partial charge in [0.1, 0.15) is 0 Å². The average molecular weight is 396 g/mol. The molecule has 0 spiro atoms. The van der Waals surface area contributed by atoms with E-state index in [0.29, 0.717) is 5.39 Å². The van der Waals surface area contributed by atoms with E-state index in [1.54, 1.807) is 36.4 Å². The topological polar surface area (TPSA) is 139 Å². The van der Waals surface area contributed by atoms with Gasteiger partial charge < -0.3 is 16.8 Å². The first-order chi connectivity index (χ1) is 13.4. The van der Waals surface area contributed by atoms with Gasteiger partial charge in [-0.2, -0.15) is 0 Å². The predicted octanol–water partition coefficient (Wildman–Crippen LogP) is 2.51. The molecule has 0 bridgehead atoms. The molecule has 7 nitrogen and oxygen atoms in total. The molecule has 3 aromatic carbocycles. The van der Waals surface area contributed by atoms with Crippen LogP contribution in [0.4, 0.5) is 11.4 Å². The number of sulfone groups is 1. The lowest BCUT2D eigenvalue weighted by molar-refractivity contribution is -0.116. The van der Waals surface area contributed by atoms with E-state index >= 15 is 0 Å². The number of carbonyl (C=O) groups excluding carboxylic acids is 1. The van der Waals surface area contributed by atoms with Gasteiger partial charge in [-0.15, -0.1) is 0 Å². The van der Waals surface area contributed by atoms with E-state index in [-0.39, 0.29) is 40.7 Å². The second kappa shape index (κ2) is 7.79. The Labute approximate surface area is 162 Å². The lowest BCUT2D eigenvalue weighted by Gasteiger charge is -2.14. The van der Waals surface area contributed by atoms with Crippen LogP contribution in [-0.2, 0) is 14.6 Å². The number of amides is 1. The number of anilines is 2. The van der Waals surface area contributed by atoms with E-state index in [0.717, 1.165) is 5.39 Å².